The van der Waals surface area contributed by atoms with Gasteiger partial charge in [0.2, 0.25) is 0 Å². The molecule has 6 heteroatoms. The van der Waals surface area contributed by atoms with Crippen LogP contribution in [0.2, 0.25) is 0 Å². The second-order valence-electron chi connectivity index (χ2n) is 3.99. The SMILES string of the molecule is CC.CCOC(=O)c1[nH]c(=O)c2c(C)c(C)[nH]c2c1Br. The molecule has 2 heterocycles. The summed E-state index contributed by atoms with van der Waals surface area (Å²) in [4.78, 5) is 29.4. The number of carbonyl (C=O) groups is 1. The van der Waals surface area contributed by atoms with Crippen molar-refractivity contribution in [2.45, 2.75) is 34.6 Å². The third-order valence-corrected chi connectivity index (χ3v) is 3.68. The van der Waals surface area contributed by atoms with Gasteiger partial charge in [0.05, 0.1) is 22.0 Å². The van der Waals surface area contributed by atoms with Crippen LogP contribution in [0.1, 0.15) is 42.5 Å². The zero-order valence-electron chi connectivity index (χ0n) is 12.3. The molecule has 0 radical (unpaired) electrons. The summed E-state index contributed by atoms with van der Waals surface area (Å²) >= 11 is 3.33. The Hall–Kier alpha value is -1.56. The van der Waals surface area contributed by atoms with Gasteiger partial charge < -0.3 is 14.7 Å². The summed E-state index contributed by atoms with van der Waals surface area (Å²) in [7, 11) is 0. The van der Waals surface area contributed by atoms with Crippen molar-refractivity contribution < 1.29 is 9.53 Å². The van der Waals surface area contributed by atoms with Crippen LogP contribution in [0.25, 0.3) is 10.9 Å². The van der Waals surface area contributed by atoms with Crippen molar-refractivity contribution in [3.63, 3.8) is 0 Å². The lowest BCUT2D eigenvalue weighted by atomic mass is 10.2. The van der Waals surface area contributed by atoms with Crippen molar-refractivity contribution >= 4 is 32.8 Å². The van der Waals surface area contributed by atoms with Crippen LogP contribution in [-0.4, -0.2) is 22.5 Å². The average Bonchev–Trinajstić information content (AvgIpc) is 2.73. The molecule has 0 bridgehead atoms. The summed E-state index contributed by atoms with van der Waals surface area (Å²) < 4.78 is 5.42. The van der Waals surface area contributed by atoms with E-state index in [9.17, 15) is 9.59 Å². The lowest BCUT2D eigenvalue weighted by Crippen LogP contribution is -2.16. The quantitative estimate of drug-likeness (QED) is 0.821. The second kappa shape index (κ2) is 6.74. The molecule has 0 unspecified atom stereocenters. The highest BCUT2D eigenvalue weighted by Gasteiger charge is 2.19. The number of hydrogen-bond donors (Lipinski definition) is 2. The van der Waals surface area contributed by atoms with Crippen molar-refractivity contribution in [2.24, 2.45) is 0 Å². The zero-order chi connectivity index (χ0) is 15.4. The summed E-state index contributed by atoms with van der Waals surface area (Å²) in [5, 5.41) is 0.562. The average molecular weight is 343 g/mol. The number of carbonyl (C=O) groups excluding carboxylic acids is 1. The van der Waals surface area contributed by atoms with Gasteiger partial charge in [0.15, 0.2) is 0 Å². The Balaban J connectivity index is 0.000000956. The standard InChI is InChI=1S/C12H13BrN2O3.C2H6/c1-4-18-12(17)10-8(13)9-7(11(16)15-10)5(2)6(3)14-9;1-2/h14H,4H2,1-3H3,(H,15,16);1-2H3. The van der Waals surface area contributed by atoms with Gasteiger partial charge in [-0.25, -0.2) is 4.79 Å². The van der Waals surface area contributed by atoms with Gasteiger partial charge in [-0.1, -0.05) is 13.8 Å². The van der Waals surface area contributed by atoms with E-state index in [4.69, 9.17) is 4.74 Å². The normalized spacial score (nSPS) is 10.1. The van der Waals surface area contributed by atoms with E-state index >= 15 is 0 Å². The van der Waals surface area contributed by atoms with Crippen molar-refractivity contribution in [1.82, 2.24) is 9.97 Å². The molecular weight excluding hydrogens is 324 g/mol. The fourth-order valence-corrected chi connectivity index (χ4v) is 2.43. The number of fused-ring (bicyclic) bond motifs is 1. The maximum Gasteiger partial charge on any atom is 0.356 e. The van der Waals surface area contributed by atoms with Gasteiger partial charge in [0.25, 0.3) is 5.56 Å². The smallest absolute Gasteiger partial charge is 0.356 e. The number of aromatic nitrogens is 2. The molecule has 0 aromatic carbocycles. The first-order chi connectivity index (χ1) is 9.47. The highest BCUT2D eigenvalue weighted by molar-refractivity contribution is 9.10. The number of rotatable bonds is 2. The van der Waals surface area contributed by atoms with E-state index in [1.165, 1.54) is 0 Å². The van der Waals surface area contributed by atoms with Crippen molar-refractivity contribution in [1.29, 1.82) is 0 Å². The van der Waals surface area contributed by atoms with Gasteiger partial charge in [0.1, 0.15) is 5.69 Å². The fourth-order valence-electron chi connectivity index (χ4n) is 1.87. The first-order valence-electron chi connectivity index (χ1n) is 6.55. The van der Waals surface area contributed by atoms with Gasteiger partial charge in [-0.15, -0.1) is 0 Å². The molecule has 0 spiro atoms. The Morgan fingerprint density at radius 3 is 2.40 bits per heavy atom. The summed E-state index contributed by atoms with van der Waals surface area (Å²) in [6.07, 6.45) is 0. The molecule has 0 amide bonds. The molecule has 0 saturated carbocycles. The summed E-state index contributed by atoms with van der Waals surface area (Å²) in [5.41, 5.74) is 2.24. The van der Waals surface area contributed by atoms with E-state index in [0.717, 1.165) is 11.3 Å². The topological polar surface area (TPSA) is 75.0 Å². The number of pyridine rings is 1. The number of aryl methyl sites for hydroxylation is 2. The van der Waals surface area contributed by atoms with Crippen LogP contribution in [0.15, 0.2) is 9.27 Å². The second-order valence-corrected chi connectivity index (χ2v) is 4.78. The van der Waals surface area contributed by atoms with Gasteiger partial charge in [-0.05, 0) is 42.3 Å². The molecule has 0 aliphatic rings. The summed E-state index contributed by atoms with van der Waals surface area (Å²) in [5.74, 6) is -0.548. The van der Waals surface area contributed by atoms with Crippen LogP contribution >= 0.6 is 15.9 Å². The van der Waals surface area contributed by atoms with E-state index < -0.39 is 5.97 Å². The molecule has 0 atom stereocenters. The lowest BCUT2D eigenvalue weighted by Gasteiger charge is -2.05. The number of esters is 1. The van der Waals surface area contributed by atoms with E-state index in [2.05, 4.69) is 25.9 Å². The highest BCUT2D eigenvalue weighted by atomic mass is 79.9. The summed E-state index contributed by atoms with van der Waals surface area (Å²) in [6.45, 7) is 9.71. The molecule has 2 aromatic heterocycles. The Morgan fingerprint density at radius 2 is 1.85 bits per heavy atom. The molecule has 0 fully saturated rings. The third-order valence-electron chi connectivity index (χ3n) is 2.88. The molecule has 20 heavy (non-hydrogen) atoms. The Kier molecular flexibility index (Phi) is 5.56. The van der Waals surface area contributed by atoms with Gasteiger partial charge in [-0.2, -0.15) is 0 Å². The Bertz CT molecular complexity index is 686. The zero-order valence-corrected chi connectivity index (χ0v) is 13.9. The van der Waals surface area contributed by atoms with Crippen LogP contribution in [0.3, 0.4) is 0 Å². The predicted molar refractivity (Wildman–Crippen MR) is 83.4 cm³/mol. The predicted octanol–water partition coefficient (Wildman–Crippen LogP) is 3.44. The van der Waals surface area contributed by atoms with Gasteiger partial charge >= 0.3 is 5.97 Å². The van der Waals surface area contributed by atoms with E-state index in [-0.39, 0.29) is 17.9 Å². The van der Waals surface area contributed by atoms with Crippen molar-refractivity contribution in [2.75, 3.05) is 6.61 Å². The van der Waals surface area contributed by atoms with Gasteiger partial charge in [-0.3, -0.25) is 4.79 Å². The van der Waals surface area contributed by atoms with Crippen molar-refractivity contribution in [3.8, 4) is 0 Å². The number of hydrogen-bond acceptors (Lipinski definition) is 3. The minimum absolute atomic E-state index is 0.135. The Morgan fingerprint density at radius 1 is 1.25 bits per heavy atom. The Labute approximate surface area is 125 Å². The number of halogens is 1. The molecule has 110 valence electrons. The molecular formula is C14H19BrN2O3. The molecule has 2 aromatic rings. The van der Waals surface area contributed by atoms with Crippen LogP contribution in [0.4, 0.5) is 0 Å². The summed E-state index contributed by atoms with van der Waals surface area (Å²) in [6, 6.07) is 0. The van der Waals surface area contributed by atoms with Gasteiger partial charge in [0, 0.05) is 5.69 Å². The molecule has 0 saturated heterocycles. The number of aromatic amines is 2. The number of nitrogens with one attached hydrogen (secondary N) is 2. The monoisotopic (exact) mass is 342 g/mol. The van der Waals surface area contributed by atoms with Crippen LogP contribution < -0.4 is 5.56 Å². The fraction of sp³-hybridized carbons (Fsp3) is 0.429. The van der Waals surface area contributed by atoms with E-state index in [0.29, 0.717) is 15.4 Å². The first kappa shape index (κ1) is 16.5. The largest absolute Gasteiger partial charge is 0.461 e. The van der Waals surface area contributed by atoms with Crippen LogP contribution in [0, 0.1) is 13.8 Å². The molecule has 5 nitrogen and oxygen atoms in total. The van der Waals surface area contributed by atoms with Crippen LogP contribution in [-0.2, 0) is 4.74 Å². The van der Waals surface area contributed by atoms with E-state index in [1.807, 2.05) is 27.7 Å². The molecule has 2 N–H and O–H groups in total. The lowest BCUT2D eigenvalue weighted by molar-refractivity contribution is 0.0518. The van der Waals surface area contributed by atoms with E-state index in [1.54, 1.807) is 6.92 Å². The minimum Gasteiger partial charge on any atom is -0.461 e. The van der Waals surface area contributed by atoms with Crippen molar-refractivity contribution in [3.05, 3.63) is 31.8 Å². The third kappa shape index (κ3) is 2.80. The maximum absolute atomic E-state index is 12.0. The maximum atomic E-state index is 12.0. The van der Waals surface area contributed by atoms with Crippen LogP contribution in [0.5, 0.6) is 0 Å². The minimum atomic E-state index is -0.548. The highest BCUT2D eigenvalue weighted by Crippen LogP contribution is 2.27. The number of ether oxygens (including phenoxy) is 1. The molecule has 0 aliphatic carbocycles. The first-order valence-corrected chi connectivity index (χ1v) is 7.34. The number of H-pyrrole nitrogens is 2. The molecule has 0 aliphatic heterocycles. The molecule has 2 rings (SSSR count).